The first-order valence-electron chi connectivity index (χ1n) is 10.3. The van der Waals surface area contributed by atoms with Crippen LogP contribution in [0, 0.1) is 0 Å². The summed E-state index contributed by atoms with van der Waals surface area (Å²) in [6.07, 6.45) is 0. The summed E-state index contributed by atoms with van der Waals surface area (Å²) in [7, 11) is 0. The lowest BCUT2D eigenvalue weighted by atomic mass is 10.1. The lowest BCUT2D eigenvalue weighted by Crippen LogP contribution is -2.40. The van der Waals surface area contributed by atoms with Gasteiger partial charge in [0, 0.05) is 28.8 Å². The van der Waals surface area contributed by atoms with Crippen molar-refractivity contribution in [2.45, 2.75) is 6.61 Å². The molecule has 2 amide bonds. The summed E-state index contributed by atoms with van der Waals surface area (Å²) in [6.45, 7) is 2.56. The number of anilines is 1. The molecule has 1 heterocycles. The molecule has 0 aromatic heterocycles. The maximum Gasteiger partial charge on any atom is 0.259 e. The highest BCUT2D eigenvalue weighted by atomic mass is 79.9. The summed E-state index contributed by atoms with van der Waals surface area (Å²) < 4.78 is 12.2. The van der Waals surface area contributed by atoms with E-state index in [2.05, 4.69) is 21.2 Å². The van der Waals surface area contributed by atoms with Crippen LogP contribution in [-0.2, 0) is 11.3 Å². The summed E-state index contributed by atoms with van der Waals surface area (Å²) >= 11 is 3.45. The van der Waals surface area contributed by atoms with Crippen LogP contribution < -0.4 is 10.1 Å². The lowest BCUT2D eigenvalue weighted by Gasteiger charge is -2.27. The number of rotatable bonds is 6. The molecule has 3 aromatic rings. The number of hydrogen-bond donors (Lipinski definition) is 1. The molecule has 1 saturated heterocycles. The van der Waals surface area contributed by atoms with Crippen molar-refractivity contribution in [3.8, 4) is 5.75 Å². The molecular weight excluding hydrogens is 472 g/mol. The van der Waals surface area contributed by atoms with Gasteiger partial charge in [-0.15, -0.1) is 0 Å². The average molecular weight is 495 g/mol. The van der Waals surface area contributed by atoms with Crippen LogP contribution in [0.1, 0.15) is 26.3 Å². The minimum Gasteiger partial charge on any atom is -0.488 e. The van der Waals surface area contributed by atoms with Crippen molar-refractivity contribution in [3.63, 3.8) is 0 Å². The molecule has 0 atom stereocenters. The quantitative estimate of drug-likeness (QED) is 0.536. The fourth-order valence-electron chi connectivity index (χ4n) is 3.45. The van der Waals surface area contributed by atoms with Crippen LogP contribution in [0.25, 0.3) is 0 Å². The van der Waals surface area contributed by atoms with E-state index in [1.807, 2.05) is 30.3 Å². The molecule has 1 fully saturated rings. The summed E-state index contributed by atoms with van der Waals surface area (Å²) in [6, 6.07) is 21.9. The number of hydrogen-bond acceptors (Lipinski definition) is 4. The van der Waals surface area contributed by atoms with Crippen molar-refractivity contribution in [1.82, 2.24) is 4.90 Å². The zero-order valence-electron chi connectivity index (χ0n) is 17.4. The van der Waals surface area contributed by atoms with E-state index < -0.39 is 0 Å². The van der Waals surface area contributed by atoms with Crippen LogP contribution in [0.2, 0.25) is 0 Å². The largest absolute Gasteiger partial charge is 0.488 e. The number of nitrogens with one attached hydrogen (secondary N) is 1. The molecule has 0 bridgehead atoms. The molecule has 0 saturated carbocycles. The van der Waals surface area contributed by atoms with Crippen LogP contribution in [-0.4, -0.2) is 43.0 Å². The van der Waals surface area contributed by atoms with Gasteiger partial charge in [-0.1, -0.05) is 46.3 Å². The Balaban J connectivity index is 1.45. The Labute approximate surface area is 195 Å². The topological polar surface area (TPSA) is 67.9 Å². The van der Waals surface area contributed by atoms with E-state index in [9.17, 15) is 9.59 Å². The van der Waals surface area contributed by atoms with Crippen molar-refractivity contribution in [2.75, 3.05) is 31.6 Å². The molecule has 1 aliphatic rings. The van der Waals surface area contributed by atoms with E-state index in [1.54, 1.807) is 47.4 Å². The molecule has 1 N–H and O–H groups in total. The molecule has 0 unspecified atom stereocenters. The van der Waals surface area contributed by atoms with Gasteiger partial charge >= 0.3 is 0 Å². The monoisotopic (exact) mass is 494 g/mol. The summed E-state index contributed by atoms with van der Waals surface area (Å²) in [5.41, 5.74) is 2.50. The zero-order chi connectivity index (χ0) is 22.3. The number of carbonyl (C=O) groups is 2. The third-order valence-electron chi connectivity index (χ3n) is 5.08. The third-order valence-corrected chi connectivity index (χ3v) is 5.57. The summed E-state index contributed by atoms with van der Waals surface area (Å²) in [4.78, 5) is 27.5. The third kappa shape index (κ3) is 5.55. The van der Waals surface area contributed by atoms with Crippen molar-refractivity contribution in [1.29, 1.82) is 0 Å². The van der Waals surface area contributed by atoms with Gasteiger partial charge in [0.15, 0.2) is 0 Å². The number of carbonyl (C=O) groups excluding carboxylic acids is 2. The number of halogens is 1. The minimum atomic E-state index is -0.300. The van der Waals surface area contributed by atoms with Gasteiger partial charge in [-0.2, -0.15) is 0 Å². The molecule has 3 aromatic carbocycles. The second-order valence-corrected chi connectivity index (χ2v) is 8.27. The number of morpholine rings is 1. The summed E-state index contributed by atoms with van der Waals surface area (Å²) in [5.74, 6) is 0.124. The number of ether oxygens (including phenoxy) is 2. The average Bonchev–Trinajstić information content (AvgIpc) is 2.83. The van der Waals surface area contributed by atoms with Gasteiger partial charge < -0.3 is 19.7 Å². The molecule has 1 aliphatic heterocycles. The normalized spacial score (nSPS) is 13.5. The second-order valence-electron chi connectivity index (χ2n) is 7.35. The van der Waals surface area contributed by atoms with Gasteiger partial charge in [0.25, 0.3) is 11.8 Å². The smallest absolute Gasteiger partial charge is 0.259 e. The Morgan fingerprint density at radius 2 is 1.75 bits per heavy atom. The Morgan fingerprint density at radius 1 is 0.969 bits per heavy atom. The van der Waals surface area contributed by atoms with Crippen LogP contribution >= 0.6 is 15.9 Å². The highest BCUT2D eigenvalue weighted by Gasteiger charge is 2.19. The summed E-state index contributed by atoms with van der Waals surface area (Å²) in [5, 5.41) is 2.88. The minimum absolute atomic E-state index is 0.0674. The molecule has 6 nitrogen and oxygen atoms in total. The van der Waals surface area contributed by atoms with E-state index in [0.717, 1.165) is 10.0 Å². The Kier molecular flexibility index (Phi) is 7.19. The van der Waals surface area contributed by atoms with Gasteiger partial charge in [-0.25, -0.2) is 0 Å². The first-order valence-corrected chi connectivity index (χ1v) is 11.1. The van der Waals surface area contributed by atoms with Crippen LogP contribution in [0.3, 0.4) is 0 Å². The number of nitrogens with zero attached hydrogens (tertiary/aromatic N) is 1. The van der Waals surface area contributed by atoms with Crippen molar-refractivity contribution < 1.29 is 19.1 Å². The first kappa shape index (κ1) is 22.0. The standard InChI is InChI=1S/C25H23BrN2O4/c26-20-7-3-5-18(15-20)17-32-23-10-2-1-9-22(23)24(29)27-21-8-4-6-19(16-21)25(30)28-11-13-31-14-12-28/h1-10,15-16H,11-14,17H2,(H,27,29). The predicted octanol–water partition coefficient (Wildman–Crippen LogP) is 4.75. The predicted molar refractivity (Wildman–Crippen MR) is 126 cm³/mol. The molecule has 0 radical (unpaired) electrons. The van der Waals surface area contributed by atoms with E-state index in [-0.39, 0.29) is 11.8 Å². The van der Waals surface area contributed by atoms with E-state index in [1.165, 1.54) is 0 Å². The number of amides is 2. The van der Waals surface area contributed by atoms with E-state index >= 15 is 0 Å². The van der Waals surface area contributed by atoms with Gasteiger partial charge in [-0.05, 0) is 48.0 Å². The Hall–Kier alpha value is -3.16. The van der Waals surface area contributed by atoms with Crippen molar-refractivity contribution in [3.05, 3.63) is 94.0 Å². The zero-order valence-corrected chi connectivity index (χ0v) is 19.0. The van der Waals surface area contributed by atoms with E-state index in [4.69, 9.17) is 9.47 Å². The fourth-order valence-corrected chi connectivity index (χ4v) is 3.89. The van der Waals surface area contributed by atoms with E-state index in [0.29, 0.717) is 55.5 Å². The Morgan fingerprint density at radius 3 is 2.56 bits per heavy atom. The van der Waals surface area contributed by atoms with Crippen LogP contribution in [0.5, 0.6) is 5.75 Å². The van der Waals surface area contributed by atoms with Gasteiger partial charge in [-0.3, -0.25) is 9.59 Å². The molecule has 164 valence electrons. The van der Waals surface area contributed by atoms with Crippen molar-refractivity contribution >= 4 is 33.4 Å². The maximum atomic E-state index is 13.0. The van der Waals surface area contributed by atoms with Gasteiger partial charge in [0.2, 0.25) is 0 Å². The molecule has 0 spiro atoms. The van der Waals surface area contributed by atoms with Gasteiger partial charge in [0.05, 0.1) is 18.8 Å². The molecular formula is C25H23BrN2O4. The van der Waals surface area contributed by atoms with Crippen LogP contribution in [0.15, 0.2) is 77.3 Å². The molecule has 32 heavy (non-hydrogen) atoms. The Bertz CT molecular complexity index is 1110. The fraction of sp³-hybridized carbons (Fsp3) is 0.200. The molecule has 7 heteroatoms. The highest BCUT2D eigenvalue weighted by Crippen LogP contribution is 2.22. The maximum absolute atomic E-state index is 13.0. The first-order chi connectivity index (χ1) is 15.6. The molecule has 0 aliphatic carbocycles. The lowest BCUT2D eigenvalue weighted by molar-refractivity contribution is 0.0303. The SMILES string of the molecule is O=C(Nc1cccc(C(=O)N2CCOCC2)c1)c1ccccc1OCc1cccc(Br)c1. The van der Waals surface area contributed by atoms with Crippen molar-refractivity contribution in [2.24, 2.45) is 0 Å². The second kappa shape index (κ2) is 10.4. The van der Waals surface area contributed by atoms with Crippen LogP contribution in [0.4, 0.5) is 5.69 Å². The number of benzene rings is 3. The highest BCUT2D eigenvalue weighted by molar-refractivity contribution is 9.10. The number of para-hydroxylation sites is 1. The molecule has 4 rings (SSSR count). The van der Waals surface area contributed by atoms with Gasteiger partial charge in [0.1, 0.15) is 12.4 Å².